The maximum atomic E-state index is 12.4. The second kappa shape index (κ2) is 8.86. The SMILES string of the molecule is Cc1ccc(NCCCc2ccccc2)cc1NC(=O)c1ccccc1. The van der Waals surface area contributed by atoms with Crippen LogP contribution in [0.4, 0.5) is 11.4 Å². The predicted octanol–water partition coefficient (Wildman–Crippen LogP) is 5.29. The van der Waals surface area contributed by atoms with E-state index >= 15 is 0 Å². The number of nitrogens with one attached hydrogen (secondary N) is 2. The molecular weight excluding hydrogens is 320 g/mol. The van der Waals surface area contributed by atoms with Crippen LogP contribution in [0, 0.1) is 6.92 Å². The first kappa shape index (κ1) is 17.7. The zero-order valence-electron chi connectivity index (χ0n) is 15.0. The Morgan fingerprint density at radius 2 is 1.58 bits per heavy atom. The van der Waals surface area contributed by atoms with Gasteiger partial charge < -0.3 is 10.6 Å². The van der Waals surface area contributed by atoms with Crippen molar-refractivity contribution < 1.29 is 4.79 Å². The van der Waals surface area contributed by atoms with E-state index in [2.05, 4.69) is 41.0 Å². The number of aryl methyl sites for hydroxylation is 2. The van der Waals surface area contributed by atoms with Gasteiger partial charge in [0.1, 0.15) is 0 Å². The van der Waals surface area contributed by atoms with Crippen LogP contribution in [-0.4, -0.2) is 12.5 Å². The van der Waals surface area contributed by atoms with E-state index in [1.165, 1.54) is 5.56 Å². The quantitative estimate of drug-likeness (QED) is 0.572. The molecule has 0 bridgehead atoms. The zero-order chi connectivity index (χ0) is 18.2. The molecule has 3 nitrogen and oxygen atoms in total. The van der Waals surface area contributed by atoms with Crippen LogP contribution in [0.25, 0.3) is 0 Å². The van der Waals surface area contributed by atoms with Crippen LogP contribution < -0.4 is 10.6 Å². The van der Waals surface area contributed by atoms with Gasteiger partial charge in [0.05, 0.1) is 0 Å². The minimum atomic E-state index is -0.0880. The van der Waals surface area contributed by atoms with E-state index in [-0.39, 0.29) is 5.91 Å². The molecule has 2 N–H and O–H groups in total. The molecule has 0 saturated carbocycles. The van der Waals surface area contributed by atoms with Crippen LogP contribution in [0.5, 0.6) is 0 Å². The number of hydrogen-bond acceptors (Lipinski definition) is 2. The molecule has 0 saturated heterocycles. The number of benzene rings is 3. The molecule has 3 heteroatoms. The first-order chi connectivity index (χ1) is 12.7. The molecule has 0 heterocycles. The highest BCUT2D eigenvalue weighted by molar-refractivity contribution is 6.04. The van der Waals surface area contributed by atoms with Gasteiger partial charge in [-0.3, -0.25) is 4.79 Å². The summed E-state index contributed by atoms with van der Waals surface area (Å²) in [5.41, 5.74) is 4.92. The molecule has 0 atom stereocenters. The predicted molar refractivity (Wildman–Crippen MR) is 109 cm³/mol. The molecule has 0 aliphatic rings. The molecule has 132 valence electrons. The van der Waals surface area contributed by atoms with Gasteiger partial charge in [-0.25, -0.2) is 0 Å². The Morgan fingerprint density at radius 3 is 2.31 bits per heavy atom. The fourth-order valence-corrected chi connectivity index (χ4v) is 2.82. The third kappa shape index (κ3) is 4.96. The Hall–Kier alpha value is -3.07. The van der Waals surface area contributed by atoms with Crippen molar-refractivity contribution in [3.63, 3.8) is 0 Å². The van der Waals surface area contributed by atoms with Crippen molar-refractivity contribution in [3.8, 4) is 0 Å². The van der Waals surface area contributed by atoms with Crippen LogP contribution in [0.1, 0.15) is 27.9 Å². The third-order valence-electron chi connectivity index (χ3n) is 4.34. The number of carbonyl (C=O) groups is 1. The van der Waals surface area contributed by atoms with Gasteiger partial charge >= 0.3 is 0 Å². The fraction of sp³-hybridized carbons (Fsp3) is 0.174. The highest BCUT2D eigenvalue weighted by Gasteiger charge is 2.07. The van der Waals surface area contributed by atoms with Crippen molar-refractivity contribution in [2.45, 2.75) is 19.8 Å². The number of rotatable bonds is 7. The Balaban J connectivity index is 1.56. The van der Waals surface area contributed by atoms with Crippen LogP contribution >= 0.6 is 0 Å². The van der Waals surface area contributed by atoms with Gasteiger partial charge in [0.15, 0.2) is 0 Å². The third-order valence-corrected chi connectivity index (χ3v) is 4.34. The summed E-state index contributed by atoms with van der Waals surface area (Å²) in [7, 11) is 0. The standard InChI is InChI=1S/C23H24N2O/c1-18-14-15-21(24-16-8-11-19-9-4-2-5-10-19)17-22(18)25-23(26)20-12-6-3-7-13-20/h2-7,9-10,12-15,17,24H,8,11,16H2,1H3,(H,25,26). The van der Waals surface area contributed by atoms with E-state index < -0.39 is 0 Å². The largest absolute Gasteiger partial charge is 0.385 e. The molecule has 0 radical (unpaired) electrons. The highest BCUT2D eigenvalue weighted by Crippen LogP contribution is 2.21. The second-order valence-corrected chi connectivity index (χ2v) is 6.37. The minimum Gasteiger partial charge on any atom is -0.385 e. The van der Waals surface area contributed by atoms with E-state index in [4.69, 9.17) is 0 Å². The van der Waals surface area contributed by atoms with Crippen molar-refractivity contribution in [1.82, 2.24) is 0 Å². The van der Waals surface area contributed by atoms with Gasteiger partial charge in [-0.1, -0.05) is 54.6 Å². The smallest absolute Gasteiger partial charge is 0.255 e. The monoisotopic (exact) mass is 344 g/mol. The minimum absolute atomic E-state index is 0.0880. The van der Waals surface area contributed by atoms with Crippen LogP contribution in [0.3, 0.4) is 0 Å². The van der Waals surface area contributed by atoms with E-state index in [1.807, 2.05) is 55.5 Å². The number of anilines is 2. The average Bonchev–Trinajstić information content (AvgIpc) is 2.69. The molecule has 0 aliphatic heterocycles. The molecule has 1 amide bonds. The summed E-state index contributed by atoms with van der Waals surface area (Å²) in [6.45, 7) is 2.89. The number of hydrogen-bond donors (Lipinski definition) is 2. The summed E-state index contributed by atoms with van der Waals surface area (Å²) >= 11 is 0. The zero-order valence-corrected chi connectivity index (χ0v) is 15.0. The Kier molecular flexibility index (Phi) is 6.05. The maximum Gasteiger partial charge on any atom is 0.255 e. The van der Waals surface area contributed by atoms with Gasteiger partial charge in [-0.2, -0.15) is 0 Å². The normalized spacial score (nSPS) is 10.3. The number of carbonyl (C=O) groups excluding carboxylic acids is 1. The number of amides is 1. The lowest BCUT2D eigenvalue weighted by molar-refractivity contribution is 0.102. The molecule has 0 fully saturated rings. The first-order valence-corrected chi connectivity index (χ1v) is 8.97. The first-order valence-electron chi connectivity index (χ1n) is 8.97. The van der Waals surface area contributed by atoms with Crippen molar-refractivity contribution in [2.75, 3.05) is 17.2 Å². The van der Waals surface area contributed by atoms with Crippen LogP contribution in [-0.2, 0) is 6.42 Å². The lowest BCUT2D eigenvalue weighted by atomic mass is 10.1. The lowest BCUT2D eigenvalue weighted by Crippen LogP contribution is -2.13. The van der Waals surface area contributed by atoms with Gasteiger partial charge in [0, 0.05) is 23.5 Å². The van der Waals surface area contributed by atoms with E-state index in [9.17, 15) is 4.79 Å². The van der Waals surface area contributed by atoms with E-state index in [0.29, 0.717) is 5.56 Å². The molecule has 0 spiro atoms. The average molecular weight is 344 g/mol. The molecule has 0 aliphatic carbocycles. The molecule has 26 heavy (non-hydrogen) atoms. The van der Waals surface area contributed by atoms with Crippen molar-refractivity contribution in [3.05, 3.63) is 95.6 Å². The summed E-state index contributed by atoms with van der Waals surface area (Å²) in [5.74, 6) is -0.0880. The van der Waals surface area contributed by atoms with Gasteiger partial charge in [-0.15, -0.1) is 0 Å². The summed E-state index contributed by atoms with van der Waals surface area (Å²) in [4.78, 5) is 12.4. The fourth-order valence-electron chi connectivity index (χ4n) is 2.82. The van der Waals surface area contributed by atoms with Crippen LogP contribution in [0.15, 0.2) is 78.9 Å². The van der Waals surface area contributed by atoms with Gasteiger partial charge in [0.25, 0.3) is 5.91 Å². The molecule has 0 aromatic heterocycles. The summed E-state index contributed by atoms with van der Waals surface area (Å²) in [6.07, 6.45) is 2.11. The topological polar surface area (TPSA) is 41.1 Å². The van der Waals surface area contributed by atoms with E-state index in [1.54, 1.807) is 0 Å². The Morgan fingerprint density at radius 1 is 0.885 bits per heavy atom. The Labute approximate surface area is 155 Å². The van der Waals surface area contributed by atoms with Crippen molar-refractivity contribution >= 4 is 17.3 Å². The molecule has 0 unspecified atom stereocenters. The van der Waals surface area contributed by atoms with Gasteiger partial charge in [0.2, 0.25) is 0 Å². The molecule has 3 aromatic carbocycles. The van der Waals surface area contributed by atoms with Crippen molar-refractivity contribution in [1.29, 1.82) is 0 Å². The van der Waals surface area contributed by atoms with Gasteiger partial charge in [-0.05, 0) is 55.2 Å². The molecule has 3 rings (SSSR count). The highest BCUT2D eigenvalue weighted by atomic mass is 16.1. The summed E-state index contributed by atoms with van der Waals surface area (Å²) in [5, 5.41) is 6.45. The summed E-state index contributed by atoms with van der Waals surface area (Å²) in [6, 6.07) is 25.9. The molecule has 3 aromatic rings. The second-order valence-electron chi connectivity index (χ2n) is 6.37. The maximum absolute atomic E-state index is 12.4. The van der Waals surface area contributed by atoms with Crippen molar-refractivity contribution in [2.24, 2.45) is 0 Å². The van der Waals surface area contributed by atoms with Crippen LogP contribution in [0.2, 0.25) is 0 Å². The molecular formula is C23H24N2O. The summed E-state index contributed by atoms with van der Waals surface area (Å²) < 4.78 is 0. The lowest BCUT2D eigenvalue weighted by Gasteiger charge is -2.12. The van der Waals surface area contributed by atoms with E-state index in [0.717, 1.165) is 36.3 Å². The Bertz CT molecular complexity index is 845.